The molecule has 1 N–H and O–H groups in total. The number of hydrogen-bond donors (Lipinski definition) is 1. The zero-order valence-electron chi connectivity index (χ0n) is 14.7. The molecule has 0 atom stereocenters. The minimum Gasteiger partial charge on any atom is -0.329 e. The summed E-state index contributed by atoms with van der Waals surface area (Å²) in [6, 6.07) is 15.2. The van der Waals surface area contributed by atoms with Gasteiger partial charge in [0, 0.05) is 5.69 Å². The average molecular weight is 421 g/mol. The average Bonchev–Trinajstić information content (AvgIpc) is 3.15. The van der Waals surface area contributed by atoms with Gasteiger partial charge in [0.1, 0.15) is 0 Å². The van der Waals surface area contributed by atoms with Gasteiger partial charge in [-0.05, 0) is 35.4 Å². The minimum absolute atomic E-state index is 0.255. The summed E-state index contributed by atoms with van der Waals surface area (Å²) in [5, 5.41) is 4.26. The Balaban J connectivity index is 1.70. The molecule has 0 fully saturated rings. The maximum absolute atomic E-state index is 12.5. The van der Waals surface area contributed by atoms with Crippen LogP contribution >= 0.6 is 0 Å². The predicted octanol–water partition coefficient (Wildman–Crippen LogP) is 4.67. The van der Waals surface area contributed by atoms with Crippen molar-refractivity contribution < 1.29 is 26.1 Å². The highest BCUT2D eigenvalue weighted by Crippen LogP contribution is 2.27. The van der Waals surface area contributed by atoms with E-state index in [1.807, 2.05) is 6.07 Å². The van der Waals surface area contributed by atoms with E-state index >= 15 is 0 Å². The first kappa shape index (κ1) is 20.3. The first-order chi connectivity index (χ1) is 13.7. The molecule has 0 amide bonds. The first-order valence-electron chi connectivity index (χ1n) is 8.16. The molecule has 0 saturated heterocycles. The summed E-state index contributed by atoms with van der Waals surface area (Å²) in [7, 11) is -3.75. The second kappa shape index (κ2) is 8.31. The molecule has 0 unspecified atom stereocenters. The molecular weight excluding hydrogens is 407 g/mol. The minimum atomic E-state index is -4.72. The lowest BCUT2D eigenvalue weighted by molar-refractivity contribution is -0.159. The zero-order chi connectivity index (χ0) is 20.9. The van der Waals surface area contributed by atoms with Gasteiger partial charge in [-0.25, -0.2) is 8.42 Å². The smallest absolute Gasteiger partial charge is 0.329 e. The molecule has 3 aromatic rings. The monoisotopic (exact) mass is 421 g/mol. The van der Waals surface area contributed by atoms with Crippen molar-refractivity contribution in [1.29, 1.82) is 0 Å². The van der Waals surface area contributed by atoms with Crippen molar-refractivity contribution in [1.82, 2.24) is 10.1 Å². The number of hydrogen-bond acceptors (Lipinski definition) is 5. The summed E-state index contributed by atoms with van der Waals surface area (Å²) >= 11 is 0. The largest absolute Gasteiger partial charge is 0.471 e. The van der Waals surface area contributed by atoms with Crippen LogP contribution in [0.4, 0.5) is 18.9 Å². The Hall–Kier alpha value is -3.40. The summed E-state index contributed by atoms with van der Waals surface area (Å²) in [6.45, 7) is 0. The molecule has 2 aromatic carbocycles. The molecule has 3 rings (SSSR count). The van der Waals surface area contributed by atoms with E-state index in [9.17, 15) is 21.6 Å². The maximum atomic E-state index is 12.5. The number of benzene rings is 2. The molecular formula is C19H14F3N3O3S. The van der Waals surface area contributed by atoms with Crippen molar-refractivity contribution in [3.05, 3.63) is 82.8 Å². The number of anilines is 1. The number of nitrogens with one attached hydrogen (secondary N) is 1. The van der Waals surface area contributed by atoms with Crippen LogP contribution in [0.2, 0.25) is 0 Å². The van der Waals surface area contributed by atoms with Gasteiger partial charge >= 0.3 is 12.1 Å². The van der Waals surface area contributed by atoms with Crippen molar-refractivity contribution in [3.63, 3.8) is 0 Å². The van der Waals surface area contributed by atoms with Crippen LogP contribution in [-0.4, -0.2) is 18.6 Å². The van der Waals surface area contributed by atoms with Crippen molar-refractivity contribution >= 4 is 33.9 Å². The third kappa shape index (κ3) is 6.04. The third-order valence-electron chi connectivity index (χ3n) is 3.50. The molecule has 0 aliphatic carbocycles. The van der Waals surface area contributed by atoms with E-state index < -0.39 is 22.1 Å². The van der Waals surface area contributed by atoms with Crippen LogP contribution in [0.25, 0.3) is 18.2 Å². The van der Waals surface area contributed by atoms with E-state index in [2.05, 4.69) is 19.4 Å². The molecule has 0 aliphatic rings. The first-order valence-corrected chi connectivity index (χ1v) is 9.71. The summed E-state index contributed by atoms with van der Waals surface area (Å²) < 4.78 is 68.3. The number of halogens is 3. The van der Waals surface area contributed by atoms with Crippen molar-refractivity contribution in [2.24, 2.45) is 0 Å². The molecule has 0 bridgehead atoms. The van der Waals surface area contributed by atoms with Crippen LogP contribution in [-0.2, 0) is 16.2 Å². The van der Waals surface area contributed by atoms with Gasteiger partial charge in [-0.15, -0.1) is 0 Å². The Morgan fingerprint density at radius 2 is 1.66 bits per heavy atom. The van der Waals surface area contributed by atoms with E-state index in [0.29, 0.717) is 5.56 Å². The van der Waals surface area contributed by atoms with Gasteiger partial charge < -0.3 is 4.52 Å². The van der Waals surface area contributed by atoms with Gasteiger partial charge in [0.15, 0.2) is 5.82 Å². The molecule has 0 radical (unpaired) electrons. The zero-order valence-corrected chi connectivity index (χ0v) is 15.5. The molecule has 0 spiro atoms. The van der Waals surface area contributed by atoms with Crippen molar-refractivity contribution in [2.45, 2.75) is 6.18 Å². The van der Waals surface area contributed by atoms with Crippen LogP contribution in [0.1, 0.15) is 22.8 Å². The number of nitrogens with zero attached hydrogens (tertiary/aromatic N) is 2. The van der Waals surface area contributed by atoms with Crippen molar-refractivity contribution in [3.8, 4) is 0 Å². The Labute approximate surface area is 164 Å². The third-order valence-corrected chi connectivity index (χ3v) is 4.51. The Morgan fingerprint density at radius 1 is 0.931 bits per heavy atom. The number of rotatable bonds is 6. The van der Waals surface area contributed by atoms with Gasteiger partial charge in [-0.3, -0.25) is 4.72 Å². The standard InChI is InChI=1S/C19H14F3N3O3S/c20-19(21,22)18-23-17(24-28-18)10-9-15-7-4-8-16(13-15)25-29(26,27)12-11-14-5-2-1-3-6-14/h1-13,25H. The number of alkyl halides is 3. The van der Waals surface area contributed by atoms with Crippen LogP contribution in [0.15, 0.2) is 64.5 Å². The fourth-order valence-corrected chi connectivity index (χ4v) is 3.08. The van der Waals surface area contributed by atoms with Gasteiger partial charge in [0.25, 0.3) is 10.0 Å². The fourth-order valence-electron chi connectivity index (χ4n) is 2.22. The van der Waals surface area contributed by atoms with Crippen LogP contribution < -0.4 is 4.72 Å². The number of aromatic nitrogens is 2. The van der Waals surface area contributed by atoms with Gasteiger partial charge in [0.05, 0.1) is 5.41 Å². The molecule has 0 aliphatic heterocycles. The van der Waals surface area contributed by atoms with Crippen molar-refractivity contribution in [2.75, 3.05) is 4.72 Å². The van der Waals surface area contributed by atoms with Crippen LogP contribution in [0, 0.1) is 0 Å². The predicted molar refractivity (Wildman–Crippen MR) is 103 cm³/mol. The Morgan fingerprint density at radius 3 is 2.34 bits per heavy atom. The highest BCUT2D eigenvalue weighted by atomic mass is 32.2. The van der Waals surface area contributed by atoms with Gasteiger partial charge in [-0.2, -0.15) is 18.2 Å². The highest BCUT2D eigenvalue weighted by Gasteiger charge is 2.38. The van der Waals surface area contributed by atoms with Gasteiger partial charge in [-0.1, -0.05) is 53.7 Å². The molecule has 0 saturated carbocycles. The van der Waals surface area contributed by atoms with E-state index in [-0.39, 0.29) is 11.5 Å². The van der Waals surface area contributed by atoms with Crippen LogP contribution in [0.5, 0.6) is 0 Å². The SMILES string of the molecule is O=S(=O)(C=Cc1ccccc1)Nc1cccc(C=Cc2noc(C(F)(F)F)n2)c1. The summed E-state index contributed by atoms with van der Waals surface area (Å²) in [6.07, 6.45) is -0.602. The fraction of sp³-hybridized carbons (Fsp3) is 0.0526. The molecule has 150 valence electrons. The maximum Gasteiger partial charge on any atom is 0.471 e. The Kier molecular flexibility index (Phi) is 5.83. The molecule has 10 heteroatoms. The lowest BCUT2D eigenvalue weighted by atomic mass is 10.2. The van der Waals surface area contributed by atoms with Gasteiger partial charge in [0.2, 0.25) is 0 Å². The highest BCUT2D eigenvalue weighted by molar-refractivity contribution is 7.95. The molecule has 6 nitrogen and oxygen atoms in total. The summed E-state index contributed by atoms with van der Waals surface area (Å²) in [5.74, 6) is -1.70. The Bertz CT molecular complexity index is 1140. The second-order valence-corrected chi connectivity index (χ2v) is 7.34. The number of sulfonamides is 1. The van der Waals surface area contributed by atoms with Crippen LogP contribution in [0.3, 0.4) is 0 Å². The molecule has 1 aromatic heterocycles. The lowest BCUT2D eigenvalue weighted by Gasteiger charge is -2.05. The lowest BCUT2D eigenvalue weighted by Crippen LogP contribution is -2.08. The van der Waals surface area contributed by atoms with E-state index in [0.717, 1.165) is 11.0 Å². The summed E-state index contributed by atoms with van der Waals surface area (Å²) in [4.78, 5) is 3.22. The topological polar surface area (TPSA) is 85.1 Å². The quantitative estimate of drug-likeness (QED) is 0.625. The second-order valence-electron chi connectivity index (χ2n) is 5.77. The van der Waals surface area contributed by atoms with E-state index in [1.165, 1.54) is 24.3 Å². The van der Waals surface area contributed by atoms with E-state index in [4.69, 9.17) is 0 Å². The molecule has 1 heterocycles. The molecule has 29 heavy (non-hydrogen) atoms. The van der Waals surface area contributed by atoms with E-state index in [1.54, 1.807) is 42.5 Å². The summed E-state index contributed by atoms with van der Waals surface area (Å²) in [5.41, 5.74) is 1.54. The normalized spacial score (nSPS) is 12.7.